The number of benzene rings is 3. The van der Waals surface area contributed by atoms with Gasteiger partial charge in [0.05, 0.1) is 18.8 Å². The quantitative estimate of drug-likeness (QED) is 0.423. The standard InChI is InChI=1S/C28H33N5O/c1-31-12-14-32(15-13-31)19-22-7-10-26(11-8-22)33(20-23-4-3-5-27(16-23)34-2)21-24-6-9-25-18-29-30-28(25)17-24/h3-11,16-18H,12-15,19-21H2,1-2H3,(H,29,30). The van der Waals surface area contributed by atoms with Crippen molar-refractivity contribution in [2.45, 2.75) is 19.6 Å². The summed E-state index contributed by atoms with van der Waals surface area (Å²) in [4.78, 5) is 7.37. The Kier molecular flexibility index (Phi) is 6.79. The Bertz CT molecular complexity index is 1210. The van der Waals surface area contributed by atoms with Gasteiger partial charge in [-0.25, -0.2) is 0 Å². The molecule has 0 amide bonds. The van der Waals surface area contributed by atoms with Crippen LogP contribution in [-0.2, 0) is 19.6 Å². The van der Waals surface area contributed by atoms with Crippen LogP contribution in [0.5, 0.6) is 5.75 Å². The average molecular weight is 456 g/mol. The highest BCUT2D eigenvalue weighted by Gasteiger charge is 2.15. The molecule has 1 aliphatic rings. The fourth-order valence-electron chi connectivity index (χ4n) is 4.61. The number of hydrogen-bond donors (Lipinski definition) is 1. The van der Waals surface area contributed by atoms with Gasteiger partial charge in [-0.05, 0) is 54.1 Å². The van der Waals surface area contributed by atoms with Gasteiger partial charge in [-0.2, -0.15) is 5.10 Å². The molecule has 1 N–H and O–H groups in total. The topological polar surface area (TPSA) is 47.6 Å². The van der Waals surface area contributed by atoms with Gasteiger partial charge in [-0.1, -0.05) is 36.4 Å². The minimum atomic E-state index is 0.802. The number of nitrogens with one attached hydrogen (secondary N) is 1. The molecule has 3 aromatic carbocycles. The summed E-state index contributed by atoms with van der Waals surface area (Å²) in [5.41, 5.74) is 6.13. The number of aromatic amines is 1. The number of rotatable bonds is 8. The maximum Gasteiger partial charge on any atom is 0.119 e. The first-order valence-corrected chi connectivity index (χ1v) is 12.0. The van der Waals surface area contributed by atoms with E-state index in [-0.39, 0.29) is 0 Å². The van der Waals surface area contributed by atoms with E-state index < -0.39 is 0 Å². The fraction of sp³-hybridized carbons (Fsp3) is 0.321. The zero-order chi connectivity index (χ0) is 23.3. The van der Waals surface area contributed by atoms with Gasteiger partial charge < -0.3 is 14.5 Å². The Balaban J connectivity index is 1.36. The Morgan fingerprint density at radius 2 is 1.62 bits per heavy atom. The van der Waals surface area contributed by atoms with Gasteiger partial charge in [-0.15, -0.1) is 0 Å². The zero-order valence-corrected chi connectivity index (χ0v) is 20.1. The Morgan fingerprint density at radius 3 is 2.38 bits per heavy atom. The van der Waals surface area contributed by atoms with Crippen molar-refractivity contribution >= 4 is 16.6 Å². The van der Waals surface area contributed by atoms with Gasteiger partial charge in [0.25, 0.3) is 0 Å². The summed E-state index contributed by atoms with van der Waals surface area (Å²) in [6, 6.07) is 23.9. The van der Waals surface area contributed by atoms with E-state index >= 15 is 0 Å². The van der Waals surface area contributed by atoms with Gasteiger partial charge in [0.15, 0.2) is 0 Å². The smallest absolute Gasteiger partial charge is 0.119 e. The van der Waals surface area contributed by atoms with Crippen LogP contribution in [-0.4, -0.2) is 60.3 Å². The Morgan fingerprint density at radius 1 is 0.882 bits per heavy atom. The number of fused-ring (bicyclic) bond motifs is 1. The van der Waals surface area contributed by atoms with E-state index in [1.807, 2.05) is 12.3 Å². The van der Waals surface area contributed by atoms with Crippen molar-refractivity contribution in [2.75, 3.05) is 45.2 Å². The molecule has 1 aliphatic heterocycles. The number of nitrogens with zero attached hydrogens (tertiary/aromatic N) is 4. The normalized spacial score (nSPS) is 15.0. The highest BCUT2D eigenvalue weighted by Crippen LogP contribution is 2.24. The highest BCUT2D eigenvalue weighted by molar-refractivity contribution is 5.78. The van der Waals surface area contributed by atoms with Crippen LogP contribution in [0.15, 0.2) is 72.9 Å². The molecule has 1 fully saturated rings. The first-order valence-electron chi connectivity index (χ1n) is 12.0. The first-order chi connectivity index (χ1) is 16.7. The molecule has 176 valence electrons. The molecule has 0 atom stereocenters. The SMILES string of the molecule is COc1cccc(CN(Cc2ccc3cn[nH]c3c2)c2ccc(CN3CCN(C)CC3)cc2)c1. The third-order valence-corrected chi connectivity index (χ3v) is 6.69. The lowest BCUT2D eigenvalue weighted by atomic mass is 10.1. The predicted molar refractivity (Wildman–Crippen MR) is 138 cm³/mol. The maximum atomic E-state index is 5.46. The molecule has 0 spiro atoms. The van der Waals surface area contributed by atoms with Crippen molar-refractivity contribution in [2.24, 2.45) is 0 Å². The summed E-state index contributed by atoms with van der Waals surface area (Å²) in [6.07, 6.45) is 1.87. The van der Waals surface area contributed by atoms with Crippen LogP contribution in [0.25, 0.3) is 10.9 Å². The third-order valence-electron chi connectivity index (χ3n) is 6.69. The molecule has 0 saturated carbocycles. The summed E-state index contributed by atoms with van der Waals surface area (Å²) in [7, 11) is 3.92. The van der Waals surface area contributed by atoms with Crippen molar-refractivity contribution < 1.29 is 4.74 Å². The minimum absolute atomic E-state index is 0.802. The molecule has 0 aliphatic carbocycles. The van der Waals surface area contributed by atoms with Crippen LogP contribution in [0, 0.1) is 0 Å². The van der Waals surface area contributed by atoms with Crippen molar-refractivity contribution in [3.05, 3.63) is 89.6 Å². The van der Waals surface area contributed by atoms with Gasteiger partial charge in [0.2, 0.25) is 0 Å². The molecule has 6 nitrogen and oxygen atoms in total. The van der Waals surface area contributed by atoms with E-state index in [1.54, 1.807) is 7.11 Å². The summed E-state index contributed by atoms with van der Waals surface area (Å²) in [5.74, 6) is 0.888. The molecular formula is C28H33N5O. The number of likely N-dealkylation sites (N-methyl/N-ethyl adjacent to an activating group) is 1. The number of methoxy groups -OCH3 is 1. The first kappa shape index (κ1) is 22.4. The van der Waals surface area contributed by atoms with Gasteiger partial charge in [0, 0.05) is 56.9 Å². The van der Waals surface area contributed by atoms with Crippen LogP contribution in [0.2, 0.25) is 0 Å². The Labute approximate surface area is 201 Å². The van der Waals surface area contributed by atoms with Crippen molar-refractivity contribution in [3.8, 4) is 5.75 Å². The molecule has 5 rings (SSSR count). The van der Waals surface area contributed by atoms with Crippen LogP contribution >= 0.6 is 0 Å². The lowest BCUT2D eigenvalue weighted by Crippen LogP contribution is -2.43. The molecule has 1 saturated heterocycles. The summed E-state index contributed by atoms with van der Waals surface area (Å²) >= 11 is 0. The molecular weight excluding hydrogens is 422 g/mol. The summed E-state index contributed by atoms with van der Waals surface area (Å²) < 4.78 is 5.46. The molecule has 34 heavy (non-hydrogen) atoms. The Hall–Kier alpha value is -3.35. The van der Waals surface area contributed by atoms with Crippen molar-refractivity contribution in [1.29, 1.82) is 0 Å². The number of aromatic nitrogens is 2. The number of hydrogen-bond acceptors (Lipinski definition) is 5. The lowest BCUT2D eigenvalue weighted by molar-refractivity contribution is 0.148. The number of anilines is 1. The summed E-state index contributed by atoms with van der Waals surface area (Å²) in [6.45, 7) is 7.19. The second-order valence-electron chi connectivity index (χ2n) is 9.25. The molecule has 2 heterocycles. The van der Waals surface area contributed by atoms with E-state index in [9.17, 15) is 0 Å². The molecule has 4 aromatic rings. The highest BCUT2D eigenvalue weighted by atomic mass is 16.5. The van der Waals surface area contributed by atoms with E-state index in [2.05, 4.69) is 92.6 Å². The van der Waals surface area contributed by atoms with Crippen LogP contribution in [0.4, 0.5) is 5.69 Å². The summed E-state index contributed by atoms with van der Waals surface area (Å²) in [5, 5.41) is 8.40. The van der Waals surface area contributed by atoms with Crippen molar-refractivity contribution in [3.63, 3.8) is 0 Å². The minimum Gasteiger partial charge on any atom is -0.497 e. The number of ether oxygens (including phenoxy) is 1. The van der Waals surface area contributed by atoms with E-state index in [0.29, 0.717) is 0 Å². The lowest BCUT2D eigenvalue weighted by Gasteiger charge is -2.32. The van der Waals surface area contributed by atoms with Crippen LogP contribution < -0.4 is 9.64 Å². The van der Waals surface area contributed by atoms with Crippen molar-refractivity contribution in [1.82, 2.24) is 20.0 Å². The predicted octanol–water partition coefficient (Wildman–Crippen LogP) is 4.53. The number of piperazine rings is 1. The second kappa shape index (κ2) is 10.3. The van der Waals surface area contributed by atoms with E-state index in [0.717, 1.165) is 62.5 Å². The number of H-pyrrole nitrogens is 1. The molecule has 1 aromatic heterocycles. The molecule has 0 unspecified atom stereocenters. The second-order valence-corrected chi connectivity index (χ2v) is 9.25. The van der Waals surface area contributed by atoms with Gasteiger partial charge >= 0.3 is 0 Å². The molecule has 6 heteroatoms. The zero-order valence-electron chi connectivity index (χ0n) is 20.1. The monoisotopic (exact) mass is 455 g/mol. The van der Waals surface area contributed by atoms with E-state index in [1.165, 1.54) is 22.4 Å². The third kappa shape index (κ3) is 5.41. The largest absolute Gasteiger partial charge is 0.497 e. The van der Waals surface area contributed by atoms with Gasteiger partial charge in [0.1, 0.15) is 5.75 Å². The van der Waals surface area contributed by atoms with Crippen LogP contribution in [0.3, 0.4) is 0 Å². The molecule has 0 bridgehead atoms. The van der Waals surface area contributed by atoms with Gasteiger partial charge in [-0.3, -0.25) is 10.00 Å². The molecule has 0 radical (unpaired) electrons. The van der Waals surface area contributed by atoms with E-state index in [4.69, 9.17) is 4.74 Å². The average Bonchev–Trinajstić information content (AvgIpc) is 3.34. The van der Waals surface area contributed by atoms with Crippen LogP contribution in [0.1, 0.15) is 16.7 Å². The maximum absolute atomic E-state index is 5.46. The fourth-order valence-corrected chi connectivity index (χ4v) is 4.61.